The van der Waals surface area contributed by atoms with E-state index in [1.54, 1.807) is 30.7 Å². The third-order valence-corrected chi connectivity index (χ3v) is 5.68. The molecule has 0 bridgehead atoms. The molecule has 2 amide bonds. The second-order valence-electron chi connectivity index (χ2n) is 7.69. The molecule has 2 aromatic rings. The van der Waals surface area contributed by atoms with Crippen LogP contribution in [-0.4, -0.2) is 41.7 Å². The minimum Gasteiger partial charge on any atom is -0.497 e. The molecule has 0 unspecified atom stereocenters. The molecule has 1 N–H and O–H groups in total. The van der Waals surface area contributed by atoms with Crippen LogP contribution in [-0.2, 0) is 21.9 Å². The Balaban J connectivity index is 2.05. The van der Waals surface area contributed by atoms with Crippen molar-refractivity contribution in [1.29, 1.82) is 0 Å². The fourth-order valence-corrected chi connectivity index (χ4v) is 3.93. The molecule has 162 valence electrons. The van der Waals surface area contributed by atoms with Crippen LogP contribution < -0.4 is 10.1 Å². The quantitative estimate of drug-likeness (QED) is 0.617. The van der Waals surface area contributed by atoms with Crippen LogP contribution in [0, 0.1) is 6.92 Å². The number of aryl methyl sites for hydroxylation is 1. The summed E-state index contributed by atoms with van der Waals surface area (Å²) in [7, 11) is 1.64. The molecule has 2 rings (SSSR count). The molecule has 0 aliphatic heterocycles. The van der Waals surface area contributed by atoms with Gasteiger partial charge in [0.05, 0.1) is 12.9 Å². The van der Waals surface area contributed by atoms with Crippen molar-refractivity contribution in [3.05, 3.63) is 65.2 Å². The van der Waals surface area contributed by atoms with E-state index in [4.69, 9.17) is 4.74 Å². The lowest BCUT2D eigenvalue weighted by molar-refractivity contribution is -0.138. The maximum absolute atomic E-state index is 13.1. The van der Waals surface area contributed by atoms with Gasteiger partial charge in [-0.15, -0.1) is 11.8 Å². The highest BCUT2D eigenvalue weighted by Gasteiger charge is 2.26. The monoisotopic (exact) mass is 428 g/mol. The summed E-state index contributed by atoms with van der Waals surface area (Å²) in [5, 5.41) is 2.92. The van der Waals surface area contributed by atoms with Gasteiger partial charge in [0, 0.05) is 18.3 Å². The summed E-state index contributed by atoms with van der Waals surface area (Å²) in [6.45, 7) is 8.06. The van der Waals surface area contributed by atoms with E-state index in [0.29, 0.717) is 12.3 Å². The fourth-order valence-electron chi connectivity index (χ4n) is 3.06. The highest BCUT2D eigenvalue weighted by atomic mass is 32.2. The fraction of sp³-hybridized carbons (Fsp3) is 0.417. The van der Waals surface area contributed by atoms with E-state index in [-0.39, 0.29) is 17.9 Å². The first-order valence-corrected chi connectivity index (χ1v) is 11.3. The number of amides is 2. The molecular formula is C24H32N2O3S. The van der Waals surface area contributed by atoms with Gasteiger partial charge in [0.25, 0.3) is 0 Å². The van der Waals surface area contributed by atoms with Crippen molar-refractivity contribution < 1.29 is 14.3 Å². The number of rotatable bonds is 10. The van der Waals surface area contributed by atoms with E-state index < -0.39 is 6.04 Å². The van der Waals surface area contributed by atoms with Gasteiger partial charge < -0.3 is 15.0 Å². The molecule has 0 aliphatic rings. The van der Waals surface area contributed by atoms with Crippen molar-refractivity contribution in [3.63, 3.8) is 0 Å². The van der Waals surface area contributed by atoms with Gasteiger partial charge in [0.15, 0.2) is 0 Å². The smallest absolute Gasteiger partial charge is 0.242 e. The number of carbonyl (C=O) groups is 2. The highest BCUT2D eigenvalue weighted by Crippen LogP contribution is 2.18. The Morgan fingerprint density at radius 3 is 2.37 bits per heavy atom. The highest BCUT2D eigenvalue weighted by molar-refractivity contribution is 7.99. The van der Waals surface area contributed by atoms with Gasteiger partial charge in [0.2, 0.25) is 11.8 Å². The predicted octanol–water partition coefficient (Wildman–Crippen LogP) is 4.18. The van der Waals surface area contributed by atoms with Crippen molar-refractivity contribution >= 4 is 23.6 Å². The van der Waals surface area contributed by atoms with Gasteiger partial charge in [0.1, 0.15) is 11.8 Å². The van der Waals surface area contributed by atoms with Crippen LogP contribution in [0.2, 0.25) is 0 Å². The summed E-state index contributed by atoms with van der Waals surface area (Å²) in [6.07, 6.45) is 0. The number of methoxy groups -OCH3 is 1. The molecule has 0 saturated carbocycles. The molecule has 6 heteroatoms. The van der Waals surface area contributed by atoms with Gasteiger partial charge in [-0.1, -0.05) is 42.0 Å². The van der Waals surface area contributed by atoms with Crippen LogP contribution in [0.4, 0.5) is 0 Å². The molecule has 0 saturated heterocycles. The number of benzene rings is 2. The van der Waals surface area contributed by atoms with Gasteiger partial charge in [-0.25, -0.2) is 0 Å². The second-order valence-corrected chi connectivity index (χ2v) is 8.68. The van der Waals surface area contributed by atoms with Crippen molar-refractivity contribution in [2.75, 3.05) is 12.9 Å². The van der Waals surface area contributed by atoms with E-state index in [9.17, 15) is 9.59 Å². The number of hydrogen-bond acceptors (Lipinski definition) is 4. The lowest BCUT2D eigenvalue weighted by Gasteiger charge is -2.29. The van der Waals surface area contributed by atoms with E-state index in [2.05, 4.69) is 11.4 Å². The summed E-state index contributed by atoms with van der Waals surface area (Å²) >= 11 is 1.55. The van der Waals surface area contributed by atoms with Gasteiger partial charge in [-0.05, 0) is 51.0 Å². The summed E-state index contributed by atoms with van der Waals surface area (Å²) in [4.78, 5) is 27.3. The minimum absolute atomic E-state index is 0.0281. The Hall–Kier alpha value is -2.47. The number of ether oxygens (including phenoxy) is 1. The average Bonchev–Trinajstić information content (AvgIpc) is 2.71. The van der Waals surface area contributed by atoms with Gasteiger partial charge in [-0.3, -0.25) is 9.59 Å². The lowest BCUT2D eigenvalue weighted by atomic mass is 10.1. The molecule has 0 radical (unpaired) electrons. The molecule has 0 aliphatic carbocycles. The van der Waals surface area contributed by atoms with Crippen molar-refractivity contribution in [2.24, 2.45) is 0 Å². The van der Waals surface area contributed by atoms with Crippen LogP contribution in [0.1, 0.15) is 37.5 Å². The standard InChI is InChI=1S/C24H32N2O3S/c1-17(2)25-24(28)19(4)26(14-21-8-6-7-18(3)13-21)23(27)16-30-15-20-9-11-22(29-5)12-10-20/h6-13,17,19H,14-16H2,1-5H3,(H,25,28)/t19-/m1/s1. The normalized spacial score (nSPS) is 11.8. The van der Waals surface area contributed by atoms with E-state index in [1.807, 2.05) is 63.2 Å². The molecule has 5 nitrogen and oxygen atoms in total. The molecule has 0 spiro atoms. The SMILES string of the molecule is COc1ccc(CSCC(=O)N(Cc2cccc(C)c2)[C@H](C)C(=O)NC(C)C)cc1. The third-order valence-electron chi connectivity index (χ3n) is 4.69. The third kappa shape index (κ3) is 7.41. The molecule has 1 atom stereocenters. The molecular weight excluding hydrogens is 396 g/mol. The zero-order valence-electron chi connectivity index (χ0n) is 18.5. The van der Waals surface area contributed by atoms with Crippen molar-refractivity contribution in [3.8, 4) is 5.75 Å². The first-order chi connectivity index (χ1) is 14.3. The largest absolute Gasteiger partial charge is 0.497 e. The first kappa shape index (κ1) is 23.8. The molecule has 30 heavy (non-hydrogen) atoms. The minimum atomic E-state index is -0.540. The number of thioether (sulfide) groups is 1. The van der Waals surface area contributed by atoms with Crippen LogP contribution in [0.15, 0.2) is 48.5 Å². The summed E-state index contributed by atoms with van der Waals surface area (Å²) in [5.41, 5.74) is 3.28. The molecule has 0 aromatic heterocycles. The summed E-state index contributed by atoms with van der Waals surface area (Å²) in [6, 6.07) is 15.4. The molecule has 0 fully saturated rings. The van der Waals surface area contributed by atoms with E-state index in [1.165, 1.54) is 0 Å². The van der Waals surface area contributed by atoms with Crippen LogP contribution in [0.5, 0.6) is 5.75 Å². The van der Waals surface area contributed by atoms with Crippen LogP contribution in [0.25, 0.3) is 0 Å². The van der Waals surface area contributed by atoms with Gasteiger partial charge >= 0.3 is 0 Å². The Morgan fingerprint density at radius 2 is 1.77 bits per heavy atom. The van der Waals surface area contributed by atoms with E-state index >= 15 is 0 Å². The molecule has 0 heterocycles. The molecule has 2 aromatic carbocycles. The van der Waals surface area contributed by atoms with Crippen molar-refractivity contribution in [1.82, 2.24) is 10.2 Å². The first-order valence-electron chi connectivity index (χ1n) is 10.2. The summed E-state index contributed by atoms with van der Waals surface area (Å²) < 4.78 is 5.18. The maximum Gasteiger partial charge on any atom is 0.242 e. The number of carbonyl (C=O) groups excluding carboxylic acids is 2. The number of nitrogens with zero attached hydrogens (tertiary/aromatic N) is 1. The van der Waals surface area contributed by atoms with Gasteiger partial charge in [-0.2, -0.15) is 0 Å². The zero-order valence-corrected chi connectivity index (χ0v) is 19.3. The lowest BCUT2D eigenvalue weighted by Crippen LogP contribution is -2.49. The van der Waals surface area contributed by atoms with Crippen LogP contribution in [0.3, 0.4) is 0 Å². The number of nitrogens with one attached hydrogen (secondary N) is 1. The number of hydrogen-bond donors (Lipinski definition) is 1. The van der Waals surface area contributed by atoms with Crippen LogP contribution >= 0.6 is 11.8 Å². The Labute approximate surface area is 184 Å². The second kappa shape index (κ2) is 11.6. The van der Waals surface area contributed by atoms with E-state index in [0.717, 1.165) is 28.2 Å². The summed E-state index contributed by atoms with van der Waals surface area (Å²) in [5.74, 6) is 1.68. The zero-order chi connectivity index (χ0) is 22.1. The average molecular weight is 429 g/mol. The van der Waals surface area contributed by atoms with Crippen molar-refractivity contribution in [2.45, 2.75) is 52.1 Å². The maximum atomic E-state index is 13.1. The topological polar surface area (TPSA) is 58.6 Å². The Kier molecular flexibility index (Phi) is 9.24. The Bertz CT molecular complexity index is 837. The predicted molar refractivity (Wildman–Crippen MR) is 124 cm³/mol. The Morgan fingerprint density at radius 1 is 1.07 bits per heavy atom.